The van der Waals surface area contributed by atoms with Crippen molar-refractivity contribution in [3.63, 3.8) is 0 Å². The molecule has 0 heterocycles. The Morgan fingerprint density at radius 1 is 1.21 bits per heavy atom. The number of nitrogens with one attached hydrogen (secondary N) is 1. The molecule has 0 radical (unpaired) electrons. The summed E-state index contributed by atoms with van der Waals surface area (Å²) in [6, 6.07) is 13.1. The second kappa shape index (κ2) is 8.40. The fourth-order valence-electron chi connectivity index (χ4n) is 1.97. The Bertz CT molecular complexity index is 777. The van der Waals surface area contributed by atoms with Gasteiger partial charge in [0.25, 0.3) is 0 Å². The predicted molar refractivity (Wildman–Crippen MR) is 95.8 cm³/mol. The normalized spacial score (nSPS) is 10.6. The first-order valence-corrected chi connectivity index (χ1v) is 7.97. The Balaban J connectivity index is 1.90. The number of nitrogens with zero attached hydrogens (tertiary/aromatic N) is 1. The Morgan fingerprint density at radius 3 is 2.67 bits per heavy atom. The molecule has 2 rings (SSSR count). The molecule has 124 valence electrons. The highest BCUT2D eigenvalue weighted by atomic mass is 79.9. The third-order valence-corrected chi connectivity index (χ3v) is 3.63. The fourth-order valence-corrected chi connectivity index (χ4v) is 2.38. The molecule has 2 aromatic rings. The molecule has 24 heavy (non-hydrogen) atoms. The monoisotopic (exact) mass is 390 g/mol. The van der Waals surface area contributed by atoms with Gasteiger partial charge in [-0.3, -0.25) is 9.59 Å². The van der Waals surface area contributed by atoms with Crippen molar-refractivity contribution in [1.82, 2.24) is 4.90 Å². The minimum Gasteiger partial charge on any atom is -0.333 e. The van der Waals surface area contributed by atoms with Gasteiger partial charge in [-0.25, -0.2) is 4.39 Å². The van der Waals surface area contributed by atoms with Crippen LogP contribution in [0.25, 0.3) is 6.08 Å². The van der Waals surface area contributed by atoms with Crippen LogP contribution < -0.4 is 5.32 Å². The lowest BCUT2D eigenvalue weighted by atomic mass is 10.2. The number of carbonyl (C=O) groups is 2. The van der Waals surface area contributed by atoms with E-state index in [0.29, 0.717) is 5.69 Å². The molecule has 0 atom stereocenters. The molecule has 0 unspecified atom stereocenters. The number of halogens is 2. The van der Waals surface area contributed by atoms with E-state index >= 15 is 0 Å². The highest BCUT2D eigenvalue weighted by Crippen LogP contribution is 2.13. The second-order valence-electron chi connectivity index (χ2n) is 5.14. The van der Waals surface area contributed by atoms with Gasteiger partial charge in [-0.1, -0.05) is 34.1 Å². The van der Waals surface area contributed by atoms with Gasteiger partial charge in [0.1, 0.15) is 5.82 Å². The summed E-state index contributed by atoms with van der Waals surface area (Å²) in [5, 5.41) is 2.55. The third kappa shape index (κ3) is 5.62. The lowest BCUT2D eigenvalue weighted by molar-refractivity contribution is -0.129. The van der Waals surface area contributed by atoms with E-state index in [1.165, 1.54) is 36.2 Å². The zero-order valence-electron chi connectivity index (χ0n) is 13.0. The first-order valence-electron chi connectivity index (χ1n) is 7.18. The van der Waals surface area contributed by atoms with Crippen LogP contribution in [0.5, 0.6) is 0 Å². The van der Waals surface area contributed by atoms with Crippen LogP contribution in [0.3, 0.4) is 0 Å². The molecule has 2 aromatic carbocycles. The third-order valence-electron chi connectivity index (χ3n) is 3.13. The van der Waals surface area contributed by atoms with Gasteiger partial charge in [-0.2, -0.15) is 0 Å². The number of benzene rings is 2. The number of hydrogen-bond donors (Lipinski definition) is 1. The van der Waals surface area contributed by atoms with Crippen LogP contribution in [-0.4, -0.2) is 30.3 Å². The number of hydrogen-bond acceptors (Lipinski definition) is 2. The van der Waals surface area contributed by atoms with Gasteiger partial charge in [-0.05, 0) is 42.0 Å². The molecule has 0 spiro atoms. The molecule has 0 bridgehead atoms. The van der Waals surface area contributed by atoms with E-state index in [4.69, 9.17) is 0 Å². The largest absolute Gasteiger partial charge is 0.333 e. The van der Waals surface area contributed by atoms with Crippen molar-refractivity contribution >= 4 is 39.5 Å². The highest BCUT2D eigenvalue weighted by Gasteiger charge is 2.11. The molecule has 0 aliphatic heterocycles. The average Bonchev–Trinajstić information content (AvgIpc) is 2.52. The minimum atomic E-state index is -0.436. The van der Waals surface area contributed by atoms with Gasteiger partial charge >= 0.3 is 0 Å². The Kier molecular flexibility index (Phi) is 6.26. The van der Waals surface area contributed by atoms with E-state index in [9.17, 15) is 14.0 Å². The average molecular weight is 391 g/mol. The van der Waals surface area contributed by atoms with Crippen LogP contribution in [0.4, 0.5) is 10.1 Å². The van der Waals surface area contributed by atoms with Gasteiger partial charge < -0.3 is 10.2 Å². The summed E-state index contributed by atoms with van der Waals surface area (Å²) in [6.07, 6.45) is 3.07. The number of carbonyl (C=O) groups excluding carboxylic acids is 2. The van der Waals surface area contributed by atoms with Gasteiger partial charge in [0, 0.05) is 23.3 Å². The van der Waals surface area contributed by atoms with Crippen LogP contribution in [0.1, 0.15) is 5.56 Å². The molecule has 4 nitrogen and oxygen atoms in total. The molecule has 0 saturated heterocycles. The summed E-state index contributed by atoms with van der Waals surface area (Å²) >= 11 is 3.36. The van der Waals surface area contributed by atoms with Crippen molar-refractivity contribution in [2.24, 2.45) is 0 Å². The summed E-state index contributed by atoms with van der Waals surface area (Å²) in [4.78, 5) is 25.2. The topological polar surface area (TPSA) is 49.4 Å². The van der Waals surface area contributed by atoms with Gasteiger partial charge in [-0.15, -0.1) is 0 Å². The van der Waals surface area contributed by atoms with Crippen molar-refractivity contribution in [2.45, 2.75) is 0 Å². The molecule has 0 aliphatic rings. The quantitative estimate of drug-likeness (QED) is 0.791. The van der Waals surface area contributed by atoms with E-state index in [1.807, 2.05) is 24.3 Å². The SMILES string of the molecule is CN(CC(=O)Nc1cccc(F)c1)C(=O)/C=C/c1cccc(Br)c1. The molecule has 2 amide bonds. The van der Waals surface area contributed by atoms with Gasteiger partial charge in [0.05, 0.1) is 6.54 Å². The first kappa shape index (κ1) is 17.9. The highest BCUT2D eigenvalue weighted by molar-refractivity contribution is 9.10. The molecule has 0 aliphatic carbocycles. The molecule has 0 fully saturated rings. The van der Waals surface area contributed by atoms with Crippen molar-refractivity contribution in [2.75, 3.05) is 18.9 Å². The van der Waals surface area contributed by atoms with E-state index in [2.05, 4.69) is 21.2 Å². The van der Waals surface area contributed by atoms with Crippen molar-refractivity contribution in [3.05, 3.63) is 70.5 Å². The Hall–Kier alpha value is -2.47. The van der Waals surface area contributed by atoms with Crippen LogP contribution in [0, 0.1) is 5.82 Å². The van der Waals surface area contributed by atoms with Gasteiger partial charge in [0.15, 0.2) is 0 Å². The van der Waals surface area contributed by atoms with Crippen LogP contribution in [0.2, 0.25) is 0 Å². The number of rotatable bonds is 5. The molecule has 0 aromatic heterocycles. The molecular formula is C18H16BrFN2O2. The Labute approximate surface area is 148 Å². The van der Waals surface area contributed by atoms with E-state index in [-0.39, 0.29) is 12.5 Å². The van der Waals surface area contributed by atoms with Gasteiger partial charge in [0.2, 0.25) is 11.8 Å². The maximum Gasteiger partial charge on any atom is 0.246 e. The lowest BCUT2D eigenvalue weighted by Crippen LogP contribution is -2.33. The fraction of sp³-hybridized carbons (Fsp3) is 0.111. The molecule has 6 heteroatoms. The number of likely N-dealkylation sites (N-methyl/N-ethyl adjacent to an activating group) is 1. The summed E-state index contributed by atoms with van der Waals surface area (Å²) < 4.78 is 14.0. The first-order chi connectivity index (χ1) is 11.4. The summed E-state index contributed by atoms with van der Waals surface area (Å²) in [5.74, 6) is -1.13. The lowest BCUT2D eigenvalue weighted by Gasteiger charge is -2.14. The van der Waals surface area contributed by atoms with E-state index in [0.717, 1.165) is 10.0 Å². The van der Waals surface area contributed by atoms with Crippen molar-refractivity contribution < 1.29 is 14.0 Å². The number of amides is 2. The van der Waals surface area contributed by atoms with Crippen LogP contribution in [-0.2, 0) is 9.59 Å². The summed E-state index contributed by atoms with van der Waals surface area (Å²) in [7, 11) is 1.53. The maximum absolute atomic E-state index is 13.1. The maximum atomic E-state index is 13.1. The molecular weight excluding hydrogens is 375 g/mol. The standard InChI is InChI=1S/C18H16BrFN2O2/c1-22(12-17(23)21-16-7-3-6-15(20)11-16)18(24)9-8-13-4-2-5-14(19)10-13/h2-11H,12H2,1H3,(H,21,23)/b9-8+. The van der Waals surface area contributed by atoms with Crippen LogP contribution in [0.15, 0.2) is 59.1 Å². The Morgan fingerprint density at radius 2 is 1.96 bits per heavy atom. The zero-order valence-corrected chi connectivity index (χ0v) is 14.6. The second-order valence-corrected chi connectivity index (χ2v) is 6.06. The number of anilines is 1. The van der Waals surface area contributed by atoms with E-state index in [1.54, 1.807) is 12.1 Å². The predicted octanol–water partition coefficient (Wildman–Crippen LogP) is 3.70. The summed E-state index contributed by atoms with van der Waals surface area (Å²) in [5.41, 5.74) is 1.22. The van der Waals surface area contributed by atoms with Crippen LogP contribution >= 0.6 is 15.9 Å². The zero-order chi connectivity index (χ0) is 17.5. The summed E-state index contributed by atoms with van der Waals surface area (Å²) in [6.45, 7) is -0.127. The van der Waals surface area contributed by atoms with E-state index < -0.39 is 11.7 Å². The molecule has 0 saturated carbocycles. The minimum absolute atomic E-state index is 0.127. The van der Waals surface area contributed by atoms with Crippen molar-refractivity contribution in [1.29, 1.82) is 0 Å². The smallest absolute Gasteiger partial charge is 0.246 e. The van der Waals surface area contributed by atoms with Crippen molar-refractivity contribution in [3.8, 4) is 0 Å². The molecule has 1 N–H and O–H groups in total.